The van der Waals surface area contributed by atoms with Crippen molar-refractivity contribution in [1.82, 2.24) is 20.0 Å². The topological polar surface area (TPSA) is 59.4 Å². The summed E-state index contributed by atoms with van der Waals surface area (Å²) in [5, 5.41) is 8.02. The fourth-order valence-corrected chi connectivity index (χ4v) is 2.64. The quantitative estimate of drug-likeness (QED) is 0.898. The smallest absolute Gasteiger partial charge is 0.409 e. The van der Waals surface area contributed by atoms with E-state index in [1.165, 1.54) is 5.69 Å². The Morgan fingerprint density at radius 2 is 2.14 bits per heavy atom. The van der Waals surface area contributed by atoms with Crippen LogP contribution in [0.4, 0.5) is 4.79 Å². The van der Waals surface area contributed by atoms with Crippen LogP contribution >= 0.6 is 0 Å². The van der Waals surface area contributed by atoms with Crippen molar-refractivity contribution in [3.8, 4) is 0 Å². The Bertz CT molecular complexity index is 464. The van der Waals surface area contributed by atoms with Crippen LogP contribution in [0.25, 0.3) is 0 Å². The van der Waals surface area contributed by atoms with Gasteiger partial charge in [-0.2, -0.15) is 5.10 Å². The highest BCUT2D eigenvalue weighted by molar-refractivity contribution is 5.67. The lowest BCUT2D eigenvalue weighted by atomic mass is 10.1. The van der Waals surface area contributed by atoms with Gasteiger partial charge < -0.3 is 15.0 Å². The van der Waals surface area contributed by atoms with Crippen LogP contribution in [0.5, 0.6) is 0 Å². The van der Waals surface area contributed by atoms with Crippen molar-refractivity contribution in [1.29, 1.82) is 0 Å². The number of nitrogens with one attached hydrogen (secondary N) is 1. The summed E-state index contributed by atoms with van der Waals surface area (Å²) in [6, 6.07) is 2.61. The fourth-order valence-electron chi connectivity index (χ4n) is 2.64. The third-order valence-corrected chi connectivity index (χ3v) is 3.98. The second-order valence-electron chi connectivity index (χ2n) is 5.45. The van der Waals surface area contributed by atoms with Crippen LogP contribution in [0.2, 0.25) is 0 Å². The highest BCUT2D eigenvalue weighted by Gasteiger charge is 2.23. The maximum absolute atomic E-state index is 11.6. The van der Waals surface area contributed by atoms with E-state index in [9.17, 15) is 4.79 Å². The number of rotatable bonds is 5. The number of carbonyl (C=O) groups is 1. The van der Waals surface area contributed by atoms with E-state index in [0.29, 0.717) is 12.6 Å². The maximum atomic E-state index is 11.6. The van der Waals surface area contributed by atoms with Gasteiger partial charge in [0.05, 0.1) is 18.0 Å². The van der Waals surface area contributed by atoms with Crippen molar-refractivity contribution in [3.05, 3.63) is 17.5 Å². The standard InChI is InChI=1S/C15H26N4O2/c1-4-12-10-14(18(3)17-12)11-16-13-6-8-19(9-7-13)15(20)21-5-2/h10,13,16H,4-9,11H2,1-3H3. The first kappa shape index (κ1) is 15.8. The second-order valence-corrected chi connectivity index (χ2v) is 5.45. The van der Waals surface area contributed by atoms with Crippen LogP contribution in [-0.2, 0) is 24.8 Å². The molecule has 0 spiro atoms. The van der Waals surface area contributed by atoms with Crippen LogP contribution in [0, 0.1) is 0 Å². The molecule has 1 aliphatic rings. The maximum Gasteiger partial charge on any atom is 0.409 e. The van der Waals surface area contributed by atoms with Crippen LogP contribution < -0.4 is 5.32 Å². The van der Waals surface area contributed by atoms with Crippen LogP contribution in [-0.4, -0.2) is 46.5 Å². The molecule has 1 aromatic heterocycles. The van der Waals surface area contributed by atoms with E-state index in [0.717, 1.165) is 44.6 Å². The monoisotopic (exact) mass is 294 g/mol. The second kappa shape index (κ2) is 7.45. The third kappa shape index (κ3) is 4.20. The lowest BCUT2D eigenvalue weighted by Gasteiger charge is -2.31. The van der Waals surface area contributed by atoms with Crippen molar-refractivity contribution in [2.75, 3.05) is 19.7 Å². The molecule has 2 rings (SSSR count). The number of hydrogen-bond acceptors (Lipinski definition) is 4. The molecule has 2 heterocycles. The number of nitrogens with zero attached hydrogens (tertiary/aromatic N) is 3. The Kier molecular flexibility index (Phi) is 5.61. The van der Waals surface area contributed by atoms with E-state index in [-0.39, 0.29) is 6.09 Å². The first-order valence-electron chi connectivity index (χ1n) is 7.80. The average molecular weight is 294 g/mol. The van der Waals surface area contributed by atoms with Gasteiger partial charge in [0.15, 0.2) is 0 Å². The third-order valence-electron chi connectivity index (χ3n) is 3.98. The minimum absolute atomic E-state index is 0.185. The lowest BCUT2D eigenvalue weighted by Crippen LogP contribution is -2.45. The van der Waals surface area contributed by atoms with Gasteiger partial charge in [0.1, 0.15) is 0 Å². The normalized spacial score (nSPS) is 16.2. The summed E-state index contributed by atoms with van der Waals surface area (Å²) in [4.78, 5) is 13.4. The van der Waals surface area contributed by atoms with Crippen molar-refractivity contribution >= 4 is 6.09 Å². The van der Waals surface area contributed by atoms with E-state index < -0.39 is 0 Å². The molecule has 0 aliphatic carbocycles. The first-order chi connectivity index (χ1) is 10.1. The number of ether oxygens (including phenoxy) is 1. The van der Waals surface area contributed by atoms with Gasteiger partial charge in [0, 0.05) is 32.7 Å². The predicted octanol–water partition coefficient (Wildman–Crippen LogP) is 1.69. The molecular weight excluding hydrogens is 268 g/mol. The molecule has 1 aliphatic heterocycles. The van der Waals surface area contributed by atoms with Crippen molar-refractivity contribution in [2.24, 2.45) is 7.05 Å². The van der Waals surface area contributed by atoms with E-state index in [4.69, 9.17) is 4.74 Å². The number of hydrogen-bond donors (Lipinski definition) is 1. The zero-order valence-electron chi connectivity index (χ0n) is 13.3. The van der Waals surface area contributed by atoms with E-state index in [1.807, 2.05) is 18.7 Å². The molecule has 1 saturated heterocycles. The SMILES string of the molecule is CCOC(=O)N1CCC(NCc2cc(CC)nn2C)CC1. The Labute approximate surface area is 126 Å². The van der Waals surface area contributed by atoms with Crippen molar-refractivity contribution in [2.45, 2.75) is 45.7 Å². The van der Waals surface area contributed by atoms with Gasteiger partial charge in [-0.25, -0.2) is 4.79 Å². The minimum Gasteiger partial charge on any atom is -0.450 e. The molecule has 1 aromatic rings. The van der Waals surface area contributed by atoms with E-state index >= 15 is 0 Å². The molecule has 0 unspecified atom stereocenters. The molecule has 0 radical (unpaired) electrons. The molecule has 1 amide bonds. The Morgan fingerprint density at radius 1 is 1.43 bits per heavy atom. The molecule has 0 bridgehead atoms. The molecule has 0 aromatic carbocycles. The summed E-state index contributed by atoms with van der Waals surface area (Å²) in [7, 11) is 1.99. The number of likely N-dealkylation sites (tertiary alicyclic amines) is 1. The van der Waals surface area contributed by atoms with Gasteiger partial charge in [0.2, 0.25) is 0 Å². The van der Waals surface area contributed by atoms with Gasteiger partial charge in [0.25, 0.3) is 0 Å². The van der Waals surface area contributed by atoms with Gasteiger partial charge in [-0.1, -0.05) is 6.92 Å². The molecule has 6 nitrogen and oxygen atoms in total. The Morgan fingerprint density at radius 3 is 2.71 bits per heavy atom. The summed E-state index contributed by atoms with van der Waals surface area (Å²) in [6.45, 7) is 6.75. The van der Waals surface area contributed by atoms with Crippen LogP contribution in [0.1, 0.15) is 38.1 Å². The first-order valence-corrected chi connectivity index (χ1v) is 7.80. The van der Waals surface area contributed by atoms with Crippen LogP contribution in [0.3, 0.4) is 0 Å². The number of aryl methyl sites for hydroxylation is 2. The molecule has 1 fully saturated rings. The molecule has 0 atom stereocenters. The molecule has 1 N–H and O–H groups in total. The molecule has 6 heteroatoms. The van der Waals surface area contributed by atoms with Crippen LogP contribution in [0.15, 0.2) is 6.07 Å². The van der Waals surface area contributed by atoms with E-state index in [1.54, 1.807) is 4.90 Å². The zero-order valence-corrected chi connectivity index (χ0v) is 13.3. The Balaban J connectivity index is 1.76. The summed E-state index contributed by atoms with van der Waals surface area (Å²) in [5.41, 5.74) is 2.34. The number of aromatic nitrogens is 2. The fraction of sp³-hybridized carbons (Fsp3) is 0.733. The summed E-state index contributed by atoms with van der Waals surface area (Å²) < 4.78 is 6.98. The van der Waals surface area contributed by atoms with Gasteiger partial charge in [-0.05, 0) is 32.3 Å². The largest absolute Gasteiger partial charge is 0.450 e. The summed E-state index contributed by atoms with van der Waals surface area (Å²) in [5.74, 6) is 0. The number of piperidine rings is 1. The zero-order chi connectivity index (χ0) is 15.2. The number of carbonyl (C=O) groups excluding carboxylic acids is 1. The molecular formula is C15H26N4O2. The predicted molar refractivity (Wildman–Crippen MR) is 81.0 cm³/mol. The van der Waals surface area contributed by atoms with Crippen molar-refractivity contribution in [3.63, 3.8) is 0 Å². The highest BCUT2D eigenvalue weighted by Crippen LogP contribution is 2.12. The van der Waals surface area contributed by atoms with Crippen molar-refractivity contribution < 1.29 is 9.53 Å². The highest BCUT2D eigenvalue weighted by atomic mass is 16.6. The Hall–Kier alpha value is -1.56. The lowest BCUT2D eigenvalue weighted by molar-refractivity contribution is 0.0949. The molecule has 118 valence electrons. The van der Waals surface area contributed by atoms with Gasteiger partial charge >= 0.3 is 6.09 Å². The van der Waals surface area contributed by atoms with E-state index in [2.05, 4.69) is 23.4 Å². The average Bonchev–Trinajstić information content (AvgIpc) is 2.86. The molecule has 0 saturated carbocycles. The summed E-state index contributed by atoms with van der Waals surface area (Å²) >= 11 is 0. The van der Waals surface area contributed by atoms with Gasteiger partial charge in [-0.3, -0.25) is 4.68 Å². The van der Waals surface area contributed by atoms with Gasteiger partial charge in [-0.15, -0.1) is 0 Å². The number of amides is 1. The minimum atomic E-state index is -0.185. The molecule has 21 heavy (non-hydrogen) atoms. The summed E-state index contributed by atoms with van der Waals surface area (Å²) in [6.07, 6.45) is 2.72.